The Labute approximate surface area is 136 Å². The van der Waals surface area contributed by atoms with E-state index in [0.717, 1.165) is 11.4 Å². The molecule has 0 aromatic heterocycles. The second kappa shape index (κ2) is 7.45. The second-order valence-corrected chi connectivity index (χ2v) is 5.42. The van der Waals surface area contributed by atoms with E-state index < -0.39 is 0 Å². The molecule has 0 radical (unpaired) electrons. The van der Waals surface area contributed by atoms with Crippen molar-refractivity contribution >= 4 is 23.2 Å². The standard InChI is InChI=1S/C18H21N3O2/c1-20(2)18(23)14-9-11-15(12-10-14)19-13-17(22)21(3)16-7-5-4-6-8-16/h4-12,19H,13H2,1-3H3. The first-order chi connectivity index (χ1) is 11.0. The topological polar surface area (TPSA) is 52.7 Å². The Morgan fingerprint density at radius 2 is 1.52 bits per heavy atom. The average Bonchev–Trinajstić information content (AvgIpc) is 2.59. The SMILES string of the molecule is CN(C)C(=O)c1ccc(NCC(=O)N(C)c2ccccc2)cc1. The van der Waals surface area contributed by atoms with Crippen LogP contribution in [0.25, 0.3) is 0 Å². The highest BCUT2D eigenvalue weighted by molar-refractivity contribution is 5.96. The number of carbonyl (C=O) groups excluding carboxylic acids is 2. The minimum absolute atomic E-state index is 0.0374. The maximum absolute atomic E-state index is 12.2. The molecule has 5 nitrogen and oxygen atoms in total. The van der Waals surface area contributed by atoms with Crippen LogP contribution in [0, 0.1) is 0 Å². The van der Waals surface area contributed by atoms with Gasteiger partial charge in [0.15, 0.2) is 0 Å². The van der Waals surface area contributed by atoms with Crippen molar-refractivity contribution in [3.05, 3.63) is 60.2 Å². The number of nitrogens with one attached hydrogen (secondary N) is 1. The van der Waals surface area contributed by atoms with Crippen LogP contribution in [0.1, 0.15) is 10.4 Å². The van der Waals surface area contributed by atoms with Gasteiger partial charge in [-0.2, -0.15) is 0 Å². The summed E-state index contributed by atoms with van der Waals surface area (Å²) in [5, 5.41) is 3.07. The summed E-state index contributed by atoms with van der Waals surface area (Å²) < 4.78 is 0. The van der Waals surface area contributed by atoms with Crippen molar-refractivity contribution in [2.24, 2.45) is 0 Å². The number of nitrogens with zero attached hydrogens (tertiary/aromatic N) is 2. The van der Waals surface area contributed by atoms with Gasteiger partial charge in [0, 0.05) is 38.1 Å². The molecule has 2 aromatic carbocycles. The van der Waals surface area contributed by atoms with Gasteiger partial charge in [-0.25, -0.2) is 0 Å². The summed E-state index contributed by atoms with van der Waals surface area (Å²) in [4.78, 5) is 27.1. The normalized spacial score (nSPS) is 10.0. The monoisotopic (exact) mass is 311 g/mol. The lowest BCUT2D eigenvalue weighted by Gasteiger charge is -2.18. The van der Waals surface area contributed by atoms with Gasteiger partial charge in [0.25, 0.3) is 5.91 Å². The molecule has 2 aromatic rings. The molecule has 0 aliphatic carbocycles. The molecule has 23 heavy (non-hydrogen) atoms. The van der Waals surface area contributed by atoms with E-state index in [1.807, 2.05) is 30.3 Å². The van der Waals surface area contributed by atoms with Crippen LogP contribution < -0.4 is 10.2 Å². The molecule has 0 heterocycles. The van der Waals surface area contributed by atoms with Crippen molar-refractivity contribution in [1.29, 1.82) is 0 Å². The molecule has 0 atom stereocenters. The predicted octanol–water partition coefficient (Wildman–Crippen LogP) is 2.46. The molecular weight excluding hydrogens is 290 g/mol. The van der Waals surface area contributed by atoms with E-state index in [1.54, 1.807) is 50.3 Å². The summed E-state index contributed by atoms with van der Waals surface area (Å²) in [5.74, 6) is -0.0823. The molecule has 0 saturated carbocycles. The molecule has 0 bridgehead atoms. The lowest BCUT2D eigenvalue weighted by molar-refractivity contribution is -0.116. The number of hydrogen-bond donors (Lipinski definition) is 1. The second-order valence-electron chi connectivity index (χ2n) is 5.42. The van der Waals surface area contributed by atoms with Crippen molar-refractivity contribution in [3.63, 3.8) is 0 Å². The van der Waals surface area contributed by atoms with Gasteiger partial charge in [-0.1, -0.05) is 18.2 Å². The molecule has 0 aliphatic heterocycles. The molecule has 0 aliphatic rings. The zero-order chi connectivity index (χ0) is 16.8. The van der Waals surface area contributed by atoms with E-state index in [-0.39, 0.29) is 18.4 Å². The van der Waals surface area contributed by atoms with Crippen LogP contribution in [-0.2, 0) is 4.79 Å². The molecule has 1 N–H and O–H groups in total. The Kier molecular flexibility index (Phi) is 5.36. The largest absolute Gasteiger partial charge is 0.376 e. The quantitative estimate of drug-likeness (QED) is 0.923. The summed E-state index contributed by atoms with van der Waals surface area (Å²) in [7, 11) is 5.18. The van der Waals surface area contributed by atoms with Gasteiger partial charge < -0.3 is 15.1 Å². The third kappa shape index (κ3) is 4.32. The molecule has 0 fully saturated rings. The number of carbonyl (C=O) groups is 2. The van der Waals surface area contributed by atoms with E-state index in [0.29, 0.717) is 5.56 Å². The lowest BCUT2D eigenvalue weighted by atomic mass is 10.2. The van der Waals surface area contributed by atoms with E-state index in [9.17, 15) is 9.59 Å². The number of hydrogen-bond acceptors (Lipinski definition) is 3. The molecule has 0 unspecified atom stereocenters. The molecule has 0 spiro atoms. The summed E-state index contributed by atoms with van der Waals surface area (Å²) in [6, 6.07) is 16.6. The van der Waals surface area contributed by atoms with E-state index >= 15 is 0 Å². The number of benzene rings is 2. The third-order valence-electron chi connectivity index (χ3n) is 3.50. The van der Waals surface area contributed by atoms with Gasteiger partial charge in [-0.05, 0) is 36.4 Å². The predicted molar refractivity (Wildman–Crippen MR) is 92.8 cm³/mol. The summed E-state index contributed by atoms with van der Waals surface area (Å²) >= 11 is 0. The van der Waals surface area contributed by atoms with Crippen LogP contribution in [0.2, 0.25) is 0 Å². The fourth-order valence-corrected chi connectivity index (χ4v) is 2.08. The summed E-state index contributed by atoms with van der Waals surface area (Å²) in [6.07, 6.45) is 0. The Bertz CT molecular complexity index is 666. The molecule has 120 valence electrons. The van der Waals surface area contributed by atoms with Crippen molar-refractivity contribution in [1.82, 2.24) is 4.90 Å². The van der Waals surface area contributed by atoms with Crippen molar-refractivity contribution < 1.29 is 9.59 Å². The zero-order valence-electron chi connectivity index (χ0n) is 13.6. The van der Waals surface area contributed by atoms with E-state index in [1.165, 1.54) is 4.90 Å². The Morgan fingerprint density at radius 1 is 0.913 bits per heavy atom. The number of likely N-dealkylation sites (N-methyl/N-ethyl adjacent to an activating group) is 1. The van der Waals surface area contributed by atoms with Gasteiger partial charge in [0.2, 0.25) is 5.91 Å². The van der Waals surface area contributed by atoms with E-state index in [4.69, 9.17) is 0 Å². The lowest BCUT2D eigenvalue weighted by Crippen LogP contribution is -2.32. The fraction of sp³-hybridized carbons (Fsp3) is 0.222. The first-order valence-electron chi connectivity index (χ1n) is 7.36. The third-order valence-corrected chi connectivity index (χ3v) is 3.50. The molecule has 0 saturated heterocycles. The fourth-order valence-electron chi connectivity index (χ4n) is 2.08. The van der Waals surface area contributed by atoms with Gasteiger partial charge in [-0.3, -0.25) is 9.59 Å². The van der Waals surface area contributed by atoms with Crippen LogP contribution in [0.4, 0.5) is 11.4 Å². The molecule has 5 heteroatoms. The number of para-hydroxylation sites is 1. The van der Waals surface area contributed by atoms with Crippen LogP contribution in [0.15, 0.2) is 54.6 Å². The van der Waals surface area contributed by atoms with Gasteiger partial charge in [0.05, 0.1) is 6.54 Å². The molecular formula is C18H21N3O2. The minimum atomic E-state index is -0.0450. The highest BCUT2D eigenvalue weighted by Crippen LogP contribution is 2.13. The van der Waals surface area contributed by atoms with Crippen LogP contribution in [-0.4, -0.2) is 44.4 Å². The number of anilines is 2. The zero-order valence-corrected chi connectivity index (χ0v) is 13.6. The highest BCUT2D eigenvalue weighted by Gasteiger charge is 2.11. The Hall–Kier alpha value is -2.82. The molecule has 2 rings (SSSR count). The average molecular weight is 311 g/mol. The van der Waals surface area contributed by atoms with Crippen molar-refractivity contribution in [2.45, 2.75) is 0 Å². The summed E-state index contributed by atoms with van der Waals surface area (Å²) in [6.45, 7) is 0.187. The van der Waals surface area contributed by atoms with Crippen molar-refractivity contribution in [3.8, 4) is 0 Å². The van der Waals surface area contributed by atoms with Crippen molar-refractivity contribution in [2.75, 3.05) is 37.9 Å². The smallest absolute Gasteiger partial charge is 0.253 e. The maximum Gasteiger partial charge on any atom is 0.253 e. The first kappa shape index (κ1) is 16.5. The molecule has 2 amide bonds. The van der Waals surface area contributed by atoms with Gasteiger partial charge >= 0.3 is 0 Å². The van der Waals surface area contributed by atoms with Gasteiger partial charge in [0.1, 0.15) is 0 Å². The number of rotatable bonds is 5. The Balaban J connectivity index is 1.93. The maximum atomic E-state index is 12.2. The Morgan fingerprint density at radius 3 is 2.09 bits per heavy atom. The van der Waals surface area contributed by atoms with Crippen LogP contribution in [0.5, 0.6) is 0 Å². The van der Waals surface area contributed by atoms with Crippen LogP contribution in [0.3, 0.4) is 0 Å². The van der Waals surface area contributed by atoms with E-state index in [2.05, 4.69) is 5.32 Å². The minimum Gasteiger partial charge on any atom is -0.376 e. The first-order valence-corrected chi connectivity index (χ1v) is 7.36. The highest BCUT2D eigenvalue weighted by atomic mass is 16.2. The summed E-state index contributed by atoms with van der Waals surface area (Å²) in [5.41, 5.74) is 2.27. The number of amides is 2. The van der Waals surface area contributed by atoms with Crippen LogP contribution >= 0.6 is 0 Å². The van der Waals surface area contributed by atoms with Gasteiger partial charge in [-0.15, -0.1) is 0 Å².